The smallest absolute Gasteiger partial charge is 0.0897 e. The van der Waals surface area contributed by atoms with Crippen LogP contribution >= 0.6 is 11.3 Å². The fraction of sp³-hybridized carbons (Fsp3) is 0.800. The van der Waals surface area contributed by atoms with Crippen LogP contribution in [0, 0.1) is 6.92 Å². The van der Waals surface area contributed by atoms with E-state index in [9.17, 15) is 5.11 Å². The number of hydrogen-bond donors (Lipinski definition) is 1. The number of thiazole rings is 1. The fourth-order valence-corrected chi connectivity index (χ4v) is 3.43. The van der Waals surface area contributed by atoms with E-state index in [0.29, 0.717) is 6.42 Å². The zero-order valence-corrected chi connectivity index (χ0v) is 13.2. The van der Waals surface area contributed by atoms with Gasteiger partial charge in [-0.1, -0.05) is 12.8 Å². The Morgan fingerprint density at radius 2 is 1.95 bits per heavy atom. The first-order valence-electron chi connectivity index (χ1n) is 7.34. The van der Waals surface area contributed by atoms with Gasteiger partial charge in [0.05, 0.1) is 16.8 Å². The SMILES string of the molecule is Cc1nc(CC(O)C(C)(C)N2CCCCCC2)cs1. The van der Waals surface area contributed by atoms with Crippen molar-refractivity contribution in [3.05, 3.63) is 16.1 Å². The molecule has 4 heteroatoms. The maximum absolute atomic E-state index is 10.6. The van der Waals surface area contributed by atoms with Crippen molar-refractivity contribution in [2.24, 2.45) is 0 Å². The molecule has 2 heterocycles. The first-order chi connectivity index (χ1) is 9.00. The monoisotopic (exact) mass is 282 g/mol. The largest absolute Gasteiger partial charge is 0.391 e. The van der Waals surface area contributed by atoms with E-state index in [-0.39, 0.29) is 11.6 Å². The maximum atomic E-state index is 10.6. The van der Waals surface area contributed by atoms with E-state index in [1.807, 2.05) is 6.92 Å². The van der Waals surface area contributed by atoms with Crippen molar-refractivity contribution in [1.29, 1.82) is 0 Å². The second kappa shape index (κ2) is 6.33. The van der Waals surface area contributed by atoms with Gasteiger partial charge in [0, 0.05) is 17.3 Å². The molecule has 1 fully saturated rings. The molecule has 2 rings (SSSR count). The first-order valence-corrected chi connectivity index (χ1v) is 8.22. The number of hydrogen-bond acceptors (Lipinski definition) is 4. The van der Waals surface area contributed by atoms with Crippen molar-refractivity contribution in [3.8, 4) is 0 Å². The van der Waals surface area contributed by atoms with Crippen molar-refractivity contribution < 1.29 is 5.11 Å². The molecule has 0 amide bonds. The van der Waals surface area contributed by atoms with Crippen LogP contribution in [0.4, 0.5) is 0 Å². The molecule has 108 valence electrons. The Hall–Kier alpha value is -0.450. The van der Waals surface area contributed by atoms with Crippen molar-refractivity contribution in [2.75, 3.05) is 13.1 Å². The van der Waals surface area contributed by atoms with Crippen molar-refractivity contribution in [2.45, 2.75) is 64.5 Å². The number of aliphatic hydroxyl groups is 1. The van der Waals surface area contributed by atoms with E-state index < -0.39 is 0 Å². The molecule has 3 nitrogen and oxygen atoms in total. The Morgan fingerprint density at radius 1 is 1.32 bits per heavy atom. The molecule has 0 radical (unpaired) electrons. The second-order valence-corrected chi connectivity index (χ2v) is 7.19. The Balaban J connectivity index is 2.00. The Morgan fingerprint density at radius 3 is 2.47 bits per heavy atom. The molecular weight excluding hydrogens is 256 g/mol. The number of rotatable bonds is 4. The minimum absolute atomic E-state index is 0.165. The summed E-state index contributed by atoms with van der Waals surface area (Å²) in [6.45, 7) is 8.57. The summed E-state index contributed by atoms with van der Waals surface area (Å²) in [6, 6.07) is 0. The van der Waals surface area contributed by atoms with Gasteiger partial charge < -0.3 is 5.11 Å². The lowest BCUT2D eigenvalue weighted by Crippen LogP contribution is -2.53. The molecule has 0 saturated carbocycles. The molecular formula is C15H26N2OS. The van der Waals surface area contributed by atoms with Crippen LogP contribution in [0.3, 0.4) is 0 Å². The quantitative estimate of drug-likeness (QED) is 0.922. The van der Waals surface area contributed by atoms with Gasteiger partial charge in [0.15, 0.2) is 0 Å². The third-order valence-electron chi connectivity index (χ3n) is 4.31. The van der Waals surface area contributed by atoms with E-state index in [1.54, 1.807) is 11.3 Å². The summed E-state index contributed by atoms with van der Waals surface area (Å²) in [5.41, 5.74) is 0.861. The predicted molar refractivity (Wildman–Crippen MR) is 80.7 cm³/mol. The highest BCUT2D eigenvalue weighted by Gasteiger charge is 2.34. The topological polar surface area (TPSA) is 36.4 Å². The first kappa shape index (κ1) is 14.9. The van der Waals surface area contributed by atoms with Gasteiger partial charge in [-0.2, -0.15) is 0 Å². The average molecular weight is 282 g/mol. The lowest BCUT2D eigenvalue weighted by atomic mass is 9.91. The molecule has 1 saturated heterocycles. The van der Waals surface area contributed by atoms with E-state index in [0.717, 1.165) is 23.8 Å². The number of aryl methyl sites for hydroxylation is 1. The molecule has 0 aromatic carbocycles. The zero-order chi connectivity index (χ0) is 13.9. The molecule has 1 aliphatic heterocycles. The van der Waals surface area contributed by atoms with Gasteiger partial charge in [0.2, 0.25) is 0 Å². The van der Waals surface area contributed by atoms with Crippen LogP contribution in [-0.2, 0) is 6.42 Å². The standard InChI is InChI=1S/C15H26N2OS/c1-12-16-13(11-19-12)10-14(18)15(2,3)17-8-6-4-5-7-9-17/h11,14,18H,4-10H2,1-3H3. The fourth-order valence-electron chi connectivity index (χ4n) is 2.81. The molecule has 19 heavy (non-hydrogen) atoms. The Bertz CT molecular complexity index is 395. The summed E-state index contributed by atoms with van der Waals surface area (Å²) in [5.74, 6) is 0. The van der Waals surface area contributed by atoms with Crippen LogP contribution in [0.1, 0.15) is 50.2 Å². The highest BCUT2D eigenvalue weighted by Crippen LogP contribution is 2.25. The van der Waals surface area contributed by atoms with Crippen LogP contribution in [0.2, 0.25) is 0 Å². The summed E-state index contributed by atoms with van der Waals surface area (Å²) in [6.07, 6.45) is 5.47. The van der Waals surface area contributed by atoms with Gasteiger partial charge in [0.25, 0.3) is 0 Å². The van der Waals surface area contributed by atoms with Crippen LogP contribution in [-0.4, -0.2) is 39.7 Å². The number of likely N-dealkylation sites (tertiary alicyclic amines) is 1. The lowest BCUT2D eigenvalue weighted by Gasteiger charge is -2.41. The summed E-state index contributed by atoms with van der Waals surface area (Å²) in [4.78, 5) is 6.93. The van der Waals surface area contributed by atoms with Crippen molar-refractivity contribution in [3.63, 3.8) is 0 Å². The maximum Gasteiger partial charge on any atom is 0.0897 e. The molecule has 1 N–H and O–H groups in total. The molecule has 0 aliphatic carbocycles. The molecule has 1 atom stereocenters. The third kappa shape index (κ3) is 3.77. The van der Waals surface area contributed by atoms with Crippen molar-refractivity contribution >= 4 is 11.3 Å². The summed E-state index contributed by atoms with van der Waals surface area (Å²) in [7, 11) is 0. The van der Waals surface area contributed by atoms with Gasteiger partial charge >= 0.3 is 0 Å². The highest BCUT2D eigenvalue weighted by atomic mass is 32.1. The molecule has 1 aromatic heterocycles. The van der Waals surface area contributed by atoms with Gasteiger partial charge in [-0.15, -0.1) is 11.3 Å². The van der Waals surface area contributed by atoms with Crippen LogP contribution in [0.5, 0.6) is 0 Å². The van der Waals surface area contributed by atoms with E-state index in [2.05, 4.69) is 29.1 Å². The third-order valence-corrected chi connectivity index (χ3v) is 5.13. The Kier molecular flexibility index (Phi) is 4.98. The average Bonchev–Trinajstić information content (AvgIpc) is 2.63. The second-order valence-electron chi connectivity index (χ2n) is 6.13. The van der Waals surface area contributed by atoms with Crippen molar-refractivity contribution in [1.82, 2.24) is 9.88 Å². The normalized spacial score (nSPS) is 20.2. The summed E-state index contributed by atoms with van der Waals surface area (Å²) in [5, 5.41) is 13.8. The van der Waals surface area contributed by atoms with Crippen LogP contribution in [0.25, 0.3) is 0 Å². The van der Waals surface area contributed by atoms with Crippen LogP contribution < -0.4 is 0 Å². The minimum Gasteiger partial charge on any atom is -0.391 e. The number of aromatic nitrogens is 1. The molecule has 1 unspecified atom stereocenters. The van der Waals surface area contributed by atoms with Gasteiger partial charge in [0.1, 0.15) is 0 Å². The molecule has 0 bridgehead atoms. The van der Waals surface area contributed by atoms with Gasteiger partial charge in [-0.25, -0.2) is 4.98 Å². The molecule has 0 spiro atoms. The zero-order valence-electron chi connectivity index (χ0n) is 12.4. The molecule has 1 aliphatic rings. The number of aliphatic hydroxyl groups excluding tert-OH is 1. The van der Waals surface area contributed by atoms with E-state index >= 15 is 0 Å². The van der Waals surface area contributed by atoms with E-state index in [1.165, 1.54) is 25.7 Å². The van der Waals surface area contributed by atoms with Crippen LogP contribution in [0.15, 0.2) is 5.38 Å². The summed E-state index contributed by atoms with van der Waals surface area (Å²) < 4.78 is 0. The molecule has 1 aromatic rings. The minimum atomic E-state index is -0.355. The van der Waals surface area contributed by atoms with E-state index in [4.69, 9.17) is 0 Å². The predicted octanol–water partition coefficient (Wildman–Crippen LogP) is 3.01. The lowest BCUT2D eigenvalue weighted by molar-refractivity contribution is -0.00827. The van der Waals surface area contributed by atoms with Gasteiger partial charge in [-0.3, -0.25) is 4.90 Å². The summed E-state index contributed by atoms with van der Waals surface area (Å²) >= 11 is 1.66. The highest BCUT2D eigenvalue weighted by molar-refractivity contribution is 7.09. The Labute approximate surface area is 120 Å². The van der Waals surface area contributed by atoms with Gasteiger partial charge in [-0.05, 0) is 46.7 Å². The number of nitrogens with zero attached hydrogens (tertiary/aromatic N) is 2.